The van der Waals surface area contributed by atoms with Crippen molar-refractivity contribution in [2.24, 2.45) is 5.41 Å². The van der Waals surface area contributed by atoms with Gasteiger partial charge in [0.2, 0.25) is 5.91 Å². The highest BCUT2D eigenvalue weighted by molar-refractivity contribution is 5.81. The van der Waals surface area contributed by atoms with Gasteiger partial charge in [0.15, 0.2) is 0 Å². The van der Waals surface area contributed by atoms with E-state index in [9.17, 15) is 9.18 Å². The van der Waals surface area contributed by atoms with Crippen LogP contribution in [0, 0.1) is 23.1 Å². The third kappa shape index (κ3) is 5.20. The molecule has 0 saturated heterocycles. The van der Waals surface area contributed by atoms with Gasteiger partial charge in [0.1, 0.15) is 5.82 Å². The summed E-state index contributed by atoms with van der Waals surface area (Å²) < 4.78 is 13.7. The molecule has 0 bridgehead atoms. The largest absolute Gasteiger partial charge is 0.395 e. The van der Waals surface area contributed by atoms with Crippen molar-refractivity contribution in [2.45, 2.75) is 40.2 Å². The lowest BCUT2D eigenvalue weighted by Gasteiger charge is -2.21. The first-order chi connectivity index (χ1) is 9.90. The number of amides is 1. The van der Waals surface area contributed by atoms with Crippen LogP contribution in [-0.2, 0) is 11.3 Å². The summed E-state index contributed by atoms with van der Waals surface area (Å²) in [5, 5.41) is 11.4. The van der Waals surface area contributed by atoms with Crippen LogP contribution >= 0.6 is 0 Å². The molecule has 0 unspecified atom stereocenters. The predicted octanol–water partition coefficient (Wildman–Crippen LogP) is 2.61. The topological polar surface area (TPSA) is 49.3 Å². The summed E-state index contributed by atoms with van der Waals surface area (Å²) in [5.74, 6) is 5.18. The number of carbonyl (C=O) groups excluding carboxylic acids is 1. The third-order valence-electron chi connectivity index (χ3n) is 3.45. The number of rotatable bonds is 5. The Morgan fingerprint density at radius 1 is 1.43 bits per heavy atom. The van der Waals surface area contributed by atoms with Crippen molar-refractivity contribution in [3.63, 3.8) is 0 Å². The summed E-state index contributed by atoms with van der Waals surface area (Å²) >= 11 is 0. The lowest BCUT2D eigenvalue weighted by molar-refractivity contribution is -0.129. The van der Waals surface area contributed by atoms with Crippen LogP contribution in [0.1, 0.15) is 44.7 Å². The van der Waals surface area contributed by atoms with Gasteiger partial charge >= 0.3 is 0 Å². The molecule has 0 spiro atoms. The Morgan fingerprint density at radius 2 is 2.14 bits per heavy atom. The van der Waals surface area contributed by atoms with Crippen LogP contribution in [0.5, 0.6) is 0 Å². The summed E-state index contributed by atoms with van der Waals surface area (Å²) in [4.78, 5) is 12.0. The lowest BCUT2D eigenvalue weighted by atomic mass is 9.89. The molecule has 1 rings (SSSR count). The first kappa shape index (κ1) is 17.2. The van der Waals surface area contributed by atoms with Gasteiger partial charge in [-0.1, -0.05) is 32.6 Å². The Morgan fingerprint density at radius 3 is 2.76 bits per heavy atom. The van der Waals surface area contributed by atoms with Gasteiger partial charge < -0.3 is 10.4 Å². The fourth-order valence-electron chi connectivity index (χ4n) is 1.58. The number of nitrogens with one attached hydrogen (secondary N) is 1. The maximum atomic E-state index is 13.7. The van der Waals surface area contributed by atoms with Gasteiger partial charge in [0, 0.05) is 29.5 Å². The highest BCUT2D eigenvalue weighted by Gasteiger charge is 2.24. The molecule has 1 aromatic carbocycles. The van der Waals surface area contributed by atoms with E-state index in [0.29, 0.717) is 24.0 Å². The van der Waals surface area contributed by atoms with E-state index in [2.05, 4.69) is 17.2 Å². The molecule has 0 aromatic heterocycles. The first-order valence-electron chi connectivity index (χ1n) is 7.07. The van der Waals surface area contributed by atoms with E-state index in [1.165, 1.54) is 6.07 Å². The van der Waals surface area contributed by atoms with Crippen LogP contribution in [0.15, 0.2) is 18.2 Å². The van der Waals surface area contributed by atoms with Crippen LogP contribution in [0.3, 0.4) is 0 Å². The van der Waals surface area contributed by atoms with Gasteiger partial charge in [0.25, 0.3) is 0 Å². The lowest BCUT2D eigenvalue weighted by Crippen LogP contribution is -2.36. The van der Waals surface area contributed by atoms with Gasteiger partial charge in [-0.3, -0.25) is 4.79 Å². The van der Waals surface area contributed by atoms with Crippen molar-refractivity contribution in [1.82, 2.24) is 5.32 Å². The number of hydrogen-bond donors (Lipinski definition) is 2. The molecule has 0 saturated carbocycles. The van der Waals surface area contributed by atoms with E-state index in [1.807, 2.05) is 20.8 Å². The average Bonchev–Trinajstić information content (AvgIpc) is 2.47. The molecule has 1 amide bonds. The zero-order valence-electron chi connectivity index (χ0n) is 12.8. The third-order valence-corrected chi connectivity index (χ3v) is 3.45. The van der Waals surface area contributed by atoms with Crippen molar-refractivity contribution in [3.05, 3.63) is 35.1 Å². The Labute approximate surface area is 125 Å². The van der Waals surface area contributed by atoms with Gasteiger partial charge in [-0.15, -0.1) is 0 Å². The normalized spacial score (nSPS) is 10.7. The van der Waals surface area contributed by atoms with E-state index >= 15 is 0 Å². The molecule has 2 N–H and O–H groups in total. The van der Waals surface area contributed by atoms with E-state index in [0.717, 1.165) is 0 Å². The molecule has 3 nitrogen and oxygen atoms in total. The van der Waals surface area contributed by atoms with Crippen LogP contribution in [-0.4, -0.2) is 17.6 Å². The minimum absolute atomic E-state index is 0.00318. The monoisotopic (exact) mass is 291 g/mol. The highest BCUT2D eigenvalue weighted by Crippen LogP contribution is 2.20. The molecular formula is C17H22FNO2. The van der Waals surface area contributed by atoms with E-state index in [4.69, 9.17) is 5.11 Å². The second kappa shape index (κ2) is 7.80. The molecule has 0 aliphatic heterocycles. The molecule has 4 heteroatoms. The van der Waals surface area contributed by atoms with Crippen molar-refractivity contribution in [1.29, 1.82) is 0 Å². The van der Waals surface area contributed by atoms with Crippen LogP contribution in [0.2, 0.25) is 0 Å². The summed E-state index contributed by atoms with van der Waals surface area (Å²) in [5.41, 5.74) is 0.615. The molecule has 0 atom stereocenters. The standard InChI is InChI=1S/C17H22FNO2/c1-4-17(2,3)16(21)19-12-14-11-13(7-5-6-10-20)8-9-15(14)18/h8-9,11,20H,4,6,10,12H2,1-3H3,(H,19,21). The summed E-state index contributed by atoms with van der Waals surface area (Å²) in [6.07, 6.45) is 1.10. The molecule has 0 radical (unpaired) electrons. The SMILES string of the molecule is CCC(C)(C)C(=O)NCc1cc(C#CCCO)ccc1F. The fraction of sp³-hybridized carbons (Fsp3) is 0.471. The van der Waals surface area contributed by atoms with E-state index in [-0.39, 0.29) is 24.9 Å². The van der Waals surface area contributed by atoms with Crippen LogP contribution in [0.25, 0.3) is 0 Å². The second-order valence-corrected chi connectivity index (χ2v) is 5.50. The Kier molecular flexibility index (Phi) is 6.39. The van der Waals surface area contributed by atoms with Gasteiger partial charge in [-0.2, -0.15) is 0 Å². The second-order valence-electron chi connectivity index (χ2n) is 5.50. The summed E-state index contributed by atoms with van der Waals surface area (Å²) in [6.45, 7) is 5.80. The van der Waals surface area contributed by atoms with Crippen LogP contribution in [0.4, 0.5) is 4.39 Å². The maximum Gasteiger partial charge on any atom is 0.225 e. The summed E-state index contributed by atoms with van der Waals surface area (Å²) in [7, 11) is 0. The number of hydrogen-bond acceptors (Lipinski definition) is 2. The van der Waals surface area contributed by atoms with Crippen LogP contribution < -0.4 is 5.32 Å². The quantitative estimate of drug-likeness (QED) is 0.819. The molecule has 21 heavy (non-hydrogen) atoms. The highest BCUT2D eigenvalue weighted by atomic mass is 19.1. The van der Waals surface area contributed by atoms with Gasteiger partial charge in [-0.25, -0.2) is 4.39 Å². The number of aliphatic hydroxyl groups excluding tert-OH is 1. The minimum Gasteiger partial charge on any atom is -0.395 e. The minimum atomic E-state index is -0.463. The van der Waals surface area contributed by atoms with E-state index in [1.54, 1.807) is 12.1 Å². The Balaban J connectivity index is 2.78. The predicted molar refractivity (Wildman–Crippen MR) is 80.9 cm³/mol. The summed E-state index contributed by atoms with van der Waals surface area (Å²) in [6, 6.07) is 4.55. The van der Waals surface area contributed by atoms with Crippen molar-refractivity contribution in [2.75, 3.05) is 6.61 Å². The average molecular weight is 291 g/mol. The maximum absolute atomic E-state index is 13.7. The molecule has 0 aliphatic rings. The van der Waals surface area contributed by atoms with Gasteiger partial charge in [-0.05, 0) is 24.6 Å². The number of aliphatic hydroxyl groups is 1. The first-order valence-corrected chi connectivity index (χ1v) is 7.07. The van der Waals surface area contributed by atoms with Crippen molar-refractivity contribution < 1.29 is 14.3 Å². The van der Waals surface area contributed by atoms with Crippen molar-refractivity contribution >= 4 is 5.91 Å². The molecule has 0 aliphatic carbocycles. The zero-order chi connectivity index (χ0) is 15.9. The fourth-order valence-corrected chi connectivity index (χ4v) is 1.58. The molecule has 114 valence electrons. The zero-order valence-corrected chi connectivity index (χ0v) is 12.8. The van der Waals surface area contributed by atoms with Crippen molar-refractivity contribution in [3.8, 4) is 11.8 Å². The molecule has 0 fully saturated rings. The number of halogens is 1. The number of carbonyl (C=O) groups is 1. The van der Waals surface area contributed by atoms with E-state index < -0.39 is 5.41 Å². The Hall–Kier alpha value is -1.86. The molecular weight excluding hydrogens is 269 g/mol. The molecule has 1 aromatic rings. The number of benzene rings is 1. The smallest absolute Gasteiger partial charge is 0.225 e. The Bertz CT molecular complexity index is 556. The molecule has 0 heterocycles. The van der Waals surface area contributed by atoms with Gasteiger partial charge in [0.05, 0.1) is 6.61 Å².